The van der Waals surface area contributed by atoms with Crippen LogP contribution in [-0.2, 0) is 16.6 Å². The van der Waals surface area contributed by atoms with Crippen LogP contribution in [0.1, 0.15) is 65.7 Å². The summed E-state index contributed by atoms with van der Waals surface area (Å²) in [5.41, 5.74) is 1.29. The van der Waals surface area contributed by atoms with Crippen LogP contribution in [0.4, 0.5) is 0 Å². The van der Waals surface area contributed by atoms with Crippen molar-refractivity contribution in [1.29, 1.82) is 0 Å². The lowest BCUT2D eigenvalue weighted by molar-refractivity contribution is 0.237. The summed E-state index contributed by atoms with van der Waals surface area (Å²) in [7, 11) is -3.83. The maximum absolute atomic E-state index is 13.5. The minimum atomic E-state index is -3.83. The summed E-state index contributed by atoms with van der Waals surface area (Å²) < 4.78 is 38.9. The number of aromatic nitrogens is 6. The van der Waals surface area contributed by atoms with Gasteiger partial charge in [0.1, 0.15) is 23.4 Å². The highest BCUT2D eigenvalue weighted by molar-refractivity contribution is 7.89. The van der Waals surface area contributed by atoms with Gasteiger partial charge in [0.2, 0.25) is 10.0 Å². The molecule has 0 saturated heterocycles. The predicted molar refractivity (Wildman–Crippen MR) is 153 cm³/mol. The molecular weight excluding hydrogens is 532 g/mol. The number of sulfonamides is 1. The first-order valence-corrected chi connectivity index (χ1v) is 15.6. The van der Waals surface area contributed by atoms with E-state index in [0.29, 0.717) is 53.6 Å². The number of H-pyrrole nitrogens is 1. The maximum atomic E-state index is 13.5. The second kappa shape index (κ2) is 11.7. The minimum absolute atomic E-state index is 0.118. The van der Waals surface area contributed by atoms with E-state index in [1.54, 1.807) is 22.8 Å². The van der Waals surface area contributed by atoms with Crippen molar-refractivity contribution in [2.24, 2.45) is 0 Å². The lowest BCUT2D eigenvalue weighted by Crippen LogP contribution is -2.54. The summed E-state index contributed by atoms with van der Waals surface area (Å²) in [5.74, 6) is 0.882. The molecule has 40 heavy (non-hydrogen) atoms. The van der Waals surface area contributed by atoms with E-state index in [4.69, 9.17) is 9.72 Å². The topological polar surface area (TPSA) is 148 Å². The molecule has 1 aromatic carbocycles. The lowest BCUT2D eigenvalue weighted by atomic mass is 9.82. The zero-order valence-corrected chi connectivity index (χ0v) is 24.2. The summed E-state index contributed by atoms with van der Waals surface area (Å²) in [6.07, 6.45) is 8.10. The fourth-order valence-electron chi connectivity index (χ4n) is 5.57. The Kier molecular flexibility index (Phi) is 8.24. The summed E-state index contributed by atoms with van der Waals surface area (Å²) in [4.78, 5) is 21.2. The largest absolute Gasteiger partial charge is 0.493 e. The Bertz CT molecular complexity index is 1640. The molecule has 13 heteroatoms. The van der Waals surface area contributed by atoms with Crippen LogP contribution in [0.15, 0.2) is 34.2 Å². The second-order valence-electron chi connectivity index (χ2n) is 10.4. The number of aromatic amines is 1. The molecule has 1 saturated carbocycles. The Morgan fingerprint density at radius 1 is 1.10 bits per heavy atom. The molecular formula is C27H38N8O4S. The second-order valence-corrected chi connectivity index (χ2v) is 12.2. The number of likely N-dealkylation sites (N-methyl/N-ethyl adjacent to an activating group) is 1. The number of benzene rings is 1. The van der Waals surface area contributed by atoms with E-state index in [0.717, 1.165) is 45.1 Å². The Morgan fingerprint density at radius 2 is 1.90 bits per heavy atom. The lowest BCUT2D eigenvalue weighted by Gasteiger charge is -2.38. The van der Waals surface area contributed by atoms with Crippen molar-refractivity contribution in [3.05, 3.63) is 35.0 Å². The fraction of sp³-hybridized carbons (Fsp3) is 0.556. The van der Waals surface area contributed by atoms with Gasteiger partial charge >= 0.3 is 5.69 Å². The van der Waals surface area contributed by atoms with Crippen LogP contribution in [-0.4, -0.2) is 62.8 Å². The van der Waals surface area contributed by atoms with Gasteiger partial charge in [0.05, 0.1) is 17.1 Å². The van der Waals surface area contributed by atoms with E-state index in [2.05, 4.69) is 25.2 Å². The molecule has 0 bridgehead atoms. The van der Waals surface area contributed by atoms with E-state index in [1.165, 1.54) is 17.1 Å². The predicted octanol–water partition coefficient (Wildman–Crippen LogP) is 3.22. The van der Waals surface area contributed by atoms with Crippen LogP contribution in [0.2, 0.25) is 0 Å². The number of imidazole rings is 1. The molecule has 12 nitrogen and oxygen atoms in total. The molecule has 0 radical (unpaired) electrons. The first-order chi connectivity index (χ1) is 19.3. The third-order valence-corrected chi connectivity index (χ3v) is 8.94. The van der Waals surface area contributed by atoms with Crippen molar-refractivity contribution in [3.63, 3.8) is 0 Å². The van der Waals surface area contributed by atoms with Crippen LogP contribution >= 0.6 is 0 Å². The molecule has 0 spiro atoms. The van der Waals surface area contributed by atoms with Gasteiger partial charge in [-0.2, -0.15) is 0 Å². The Balaban J connectivity index is 1.57. The molecule has 0 aliphatic heterocycles. The molecule has 0 unspecified atom stereocenters. The summed E-state index contributed by atoms with van der Waals surface area (Å²) in [6, 6.07) is 4.80. The fourth-order valence-corrected chi connectivity index (χ4v) is 6.72. The van der Waals surface area contributed by atoms with E-state index in [1.807, 2.05) is 20.8 Å². The first-order valence-electron chi connectivity index (χ1n) is 14.2. The standard InChI is InChI=1S/C27H38N8O4S/c1-4-14-34-24-22(25-33-29-18-35(25)26(34)36)31-23(32-24)20-16-19(10-11-21(20)39-15-5-2)40(37,38)30-17-27(28-6-3)12-8-7-9-13-27/h10-11,16,18,28,30H,4-9,12-15,17H2,1-3H3,(H,31,32). The molecule has 4 aromatic rings. The van der Waals surface area contributed by atoms with Crippen molar-refractivity contribution in [2.45, 2.75) is 82.7 Å². The van der Waals surface area contributed by atoms with Crippen molar-refractivity contribution in [3.8, 4) is 17.1 Å². The number of hydrogen-bond acceptors (Lipinski definition) is 8. The van der Waals surface area contributed by atoms with Gasteiger partial charge in [0, 0.05) is 18.6 Å². The van der Waals surface area contributed by atoms with Gasteiger partial charge in [0.15, 0.2) is 11.3 Å². The maximum Gasteiger partial charge on any atom is 0.336 e. The molecule has 0 amide bonds. The van der Waals surface area contributed by atoms with Crippen molar-refractivity contribution in [1.82, 2.24) is 39.2 Å². The van der Waals surface area contributed by atoms with Crippen molar-refractivity contribution in [2.75, 3.05) is 19.7 Å². The third kappa shape index (κ3) is 5.37. The quantitative estimate of drug-likeness (QED) is 0.235. The minimum Gasteiger partial charge on any atom is -0.493 e. The molecule has 216 valence electrons. The molecule has 3 aromatic heterocycles. The van der Waals surface area contributed by atoms with E-state index < -0.39 is 10.0 Å². The number of nitrogens with one attached hydrogen (secondary N) is 3. The monoisotopic (exact) mass is 570 g/mol. The number of hydrogen-bond donors (Lipinski definition) is 3. The highest BCUT2D eigenvalue weighted by Crippen LogP contribution is 2.33. The van der Waals surface area contributed by atoms with E-state index >= 15 is 0 Å². The zero-order valence-electron chi connectivity index (χ0n) is 23.4. The molecule has 3 heterocycles. The average molecular weight is 571 g/mol. The summed E-state index contributed by atoms with van der Waals surface area (Å²) in [5, 5.41) is 11.6. The average Bonchev–Trinajstić information content (AvgIpc) is 3.62. The molecule has 0 atom stereocenters. The van der Waals surface area contributed by atoms with E-state index in [9.17, 15) is 13.2 Å². The van der Waals surface area contributed by atoms with Gasteiger partial charge in [0.25, 0.3) is 0 Å². The number of fused-ring (bicyclic) bond motifs is 3. The van der Waals surface area contributed by atoms with E-state index in [-0.39, 0.29) is 16.1 Å². The van der Waals surface area contributed by atoms with Crippen molar-refractivity contribution >= 4 is 26.8 Å². The summed E-state index contributed by atoms with van der Waals surface area (Å²) in [6.45, 7) is 8.05. The number of ether oxygens (including phenoxy) is 1. The van der Waals surface area contributed by atoms with Gasteiger partial charge in [-0.05, 0) is 50.4 Å². The summed E-state index contributed by atoms with van der Waals surface area (Å²) >= 11 is 0. The molecule has 3 N–H and O–H groups in total. The normalized spacial score (nSPS) is 15.7. The highest BCUT2D eigenvalue weighted by atomic mass is 32.2. The first kappa shape index (κ1) is 28.2. The zero-order chi connectivity index (χ0) is 28.3. The van der Waals surface area contributed by atoms with Crippen molar-refractivity contribution < 1.29 is 13.2 Å². The SMILES string of the molecule is CCCOc1ccc(S(=O)(=O)NCC2(NCC)CCCCC2)cc1-c1nc2c([nH]1)c1nncn1c(=O)n2CCC. The van der Waals surface area contributed by atoms with Crippen LogP contribution in [0.5, 0.6) is 5.75 Å². The molecule has 1 fully saturated rings. The number of rotatable bonds is 12. The smallest absolute Gasteiger partial charge is 0.336 e. The molecule has 5 rings (SSSR count). The number of aryl methyl sites for hydroxylation is 1. The Labute approximate surface area is 233 Å². The number of nitrogens with zero attached hydrogens (tertiary/aromatic N) is 5. The molecule has 1 aliphatic carbocycles. The van der Waals surface area contributed by atoms with Crippen LogP contribution in [0.3, 0.4) is 0 Å². The Morgan fingerprint density at radius 3 is 2.62 bits per heavy atom. The Hall–Kier alpha value is -3.29. The third-order valence-electron chi connectivity index (χ3n) is 7.54. The highest BCUT2D eigenvalue weighted by Gasteiger charge is 2.33. The van der Waals surface area contributed by atoms with Gasteiger partial charge in [-0.15, -0.1) is 10.2 Å². The van der Waals surface area contributed by atoms with Crippen LogP contribution < -0.4 is 20.5 Å². The van der Waals surface area contributed by atoms with Gasteiger partial charge < -0.3 is 15.0 Å². The molecule has 1 aliphatic rings. The van der Waals surface area contributed by atoms with Gasteiger partial charge in [-0.1, -0.05) is 40.0 Å². The van der Waals surface area contributed by atoms with Gasteiger partial charge in [-0.3, -0.25) is 4.57 Å². The van der Waals surface area contributed by atoms with Crippen LogP contribution in [0.25, 0.3) is 28.2 Å². The van der Waals surface area contributed by atoms with Crippen LogP contribution in [0, 0.1) is 0 Å². The van der Waals surface area contributed by atoms with Gasteiger partial charge in [-0.25, -0.2) is 27.3 Å².